The van der Waals surface area contributed by atoms with Gasteiger partial charge in [-0.2, -0.15) is 4.99 Å². The molecule has 0 saturated heterocycles. The van der Waals surface area contributed by atoms with Gasteiger partial charge in [0.2, 0.25) is 0 Å². The number of thiazole rings is 1. The second-order valence-electron chi connectivity index (χ2n) is 4.96. The van der Waals surface area contributed by atoms with E-state index in [1.165, 1.54) is 29.0 Å². The monoisotopic (exact) mass is 314 g/mol. The van der Waals surface area contributed by atoms with E-state index in [9.17, 15) is 9.18 Å². The molecule has 1 heterocycles. The van der Waals surface area contributed by atoms with Crippen LogP contribution in [-0.2, 0) is 13.5 Å². The zero-order chi connectivity index (χ0) is 15.7. The molecular formula is C17H15FN2OS. The molecule has 0 aliphatic heterocycles. The van der Waals surface area contributed by atoms with Crippen LogP contribution in [0.4, 0.5) is 4.39 Å². The standard InChI is InChI=1S/C17H15FN2OS/c1-3-11-7-6-10-14-15(11)20(2)17(22-14)19-16(21)12-8-4-5-9-13(12)18/h4-10H,3H2,1-2H3. The third kappa shape index (κ3) is 2.48. The Kier molecular flexibility index (Phi) is 3.90. The summed E-state index contributed by atoms with van der Waals surface area (Å²) in [5.41, 5.74) is 2.28. The zero-order valence-electron chi connectivity index (χ0n) is 12.3. The second-order valence-corrected chi connectivity index (χ2v) is 5.97. The van der Waals surface area contributed by atoms with Gasteiger partial charge >= 0.3 is 0 Å². The van der Waals surface area contributed by atoms with Crippen molar-refractivity contribution >= 4 is 27.5 Å². The van der Waals surface area contributed by atoms with Gasteiger partial charge in [-0.1, -0.05) is 42.5 Å². The van der Waals surface area contributed by atoms with Crippen LogP contribution in [0.2, 0.25) is 0 Å². The Labute approximate surface area is 131 Å². The van der Waals surface area contributed by atoms with Crippen molar-refractivity contribution in [2.24, 2.45) is 12.0 Å². The van der Waals surface area contributed by atoms with E-state index in [0.717, 1.165) is 16.6 Å². The van der Waals surface area contributed by atoms with Crippen LogP contribution in [0.1, 0.15) is 22.8 Å². The lowest BCUT2D eigenvalue weighted by Crippen LogP contribution is -2.14. The number of aromatic nitrogens is 1. The number of hydrogen-bond acceptors (Lipinski definition) is 2. The summed E-state index contributed by atoms with van der Waals surface area (Å²) in [6, 6.07) is 12.0. The first-order chi connectivity index (χ1) is 10.6. The molecule has 0 N–H and O–H groups in total. The average molecular weight is 314 g/mol. The molecule has 3 nitrogen and oxygen atoms in total. The van der Waals surface area contributed by atoms with E-state index >= 15 is 0 Å². The first kappa shape index (κ1) is 14.7. The fraction of sp³-hybridized carbons (Fsp3) is 0.176. The van der Waals surface area contributed by atoms with Crippen LogP contribution in [0, 0.1) is 5.82 Å². The number of amides is 1. The number of aryl methyl sites for hydroxylation is 2. The van der Waals surface area contributed by atoms with Crippen molar-refractivity contribution in [2.45, 2.75) is 13.3 Å². The molecule has 0 aliphatic rings. The highest BCUT2D eigenvalue weighted by Gasteiger charge is 2.12. The summed E-state index contributed by atoms with van der Waals surface area (Å²) in [5, 5.41) is 0. The summed E-state index contributed by atoms with van der Waals surface area (Å²) in [7, 11) is 1.88. The van der Waals surface area contributed by atoms with E-state index in [1.807, 2.05) is 23.7 Å². The third-order valence-electron chi connectivity index (χ3n) is 3.59. The summed E-state index contributed by atoms with van der Waals surface area (Å²) in [5.74, 6) is -1.10. The average Bonchev–Trinajstić information content (AvgIpc) is 2.84. The van der Waals surface area contributed by atoms with Crippen LogP contribution in [0.25, 0.3) is 10.2 Å². The molecule has 0 atom stereocenters. The molecule has 3 rings (SSSR count). The quantitative estimate of drug-likeness (QED) is 0.710. The number of carbonyl (C=O) groups excluding carboxylic acids is 1. The molecule has 1 aromatic heterocycles. The number of nitrogens with zero attached hydrogens (tertiary/aromatic N) is 2. The maximum atomic E-state index is 13.7. The summed E-state index contributed by atoms with van der Waals surface area (Å²) in [6.45, 7) is 2.09. The predicted octanol–water partition coefficient (Wildman–Crippen LogP) is 3.68. The molecule has 0 saturated carbocycles. The largest absolute Gasteiger partial charge is 0.319 e. The summed E-state index contributed by atoms with van der Waals surface area (Å²) in [4.78, 5) is 16.9. The van der Waals surface area contributed by atoms with Crippen LogP contribution in [0.5, 0.6) is 0 Å². The van der Waals surface area contributed by atoms with Gasteiger partial charge in [0.15, 0.2) is 4.80 Å². The van der Waals surface area contributed by atoms with Gasteiger partial charge in [-0.25, -0.2) is 4.39 Å². The van der Waals surface area contributed by atoms with Gasteiger partial charge in [-0.05, 0) is 30.2 Å². The molecule has 22 heavy (non-hydrogen) atoms. The second kappa shape index (κ2) is 5.85. The molecule has 112 valence electrons. The fourth-order valence-electron chi connectivity index (χ4n) is 2.46. The Balaban J connectivity index is 2.16. The van der Waals surface area contributed by atoms with Crippen molar-refractivity contribution < 1.29 is 9.18 Å². The van der Waals surface area contributed by atoms with Gasteiger partial charge < -0.3 is 4.57 Å². The van der Waals surface area contributed by atoms with Crippen molar-refractivity contribution in [1.82, 2.24) is 4.57 Å². The highest BCUT2D eigenvalue weighted by atomic mass is 32.1. The van der Waals surface area contributed by atoms with E-state index in [0.29, 0.717) is 4.80 Å². The van der Waals surface area contributed by atoms with Crippen LogP contribution in [0.15, 0.2) is 47.5 Å². The van der Waals surface area contributed by atoms with Gasteiger partial charge in [0.1, 0.15) is 5.82 Å². The minimum absolute atomic E-state index is 0.00401. The predicted molar refractivity (Wildman–Crippen MR) is 86.5 cm³/mol. The van der Waals surface area contributed by atoms with E-state index in [4.69, 9.17) is 0 Å². The molecule has 3 aromatic rings. The maximum Gasteiger partial charge on any atom is 0.282 e. The molecule has 0 aliphatic carbocycles. The highest BCUT2D eigenvalue weighted by molar-refractivity contribution is 7.16. The minimum atomic E-state index is -0.557. The van der Waals surface area contributed by atoms with E-state index in [1.54, 1.807) is 12.1 Å². The Morgan fingerprint density at radius 2 is 2.00 bits per heavy atom. The van der Waals surface area contributed by atoms with Crippen molar-refractivity contribution in [3.05, 3.63) is 64.2 Å². The number of para-hydroxylation sites is 1. The van der Waals surface area contributed by atoms with Gasteiger partial charge in [0.25, 0.3) is 5.91 Å². The van der Waals surface area contributed by atoms with Crippen LogP contribution in [-0.4, -0.2) is 10.5 Å². The third-order valence-corrected chi connectivity index (χ3v) is 4.69. The van der Waals surface area contributed by atoms with Crippen LogP contribution < -0.4 is 4.80 Å². The molecule has 2 aromatic carbocycles. The maximum absolute atomic E-state index is 13.7. The van der Waals surface area contributed by atoms with Gasteiger partial charge in [0.05, 0.1) is 15.8 Å². The normalized spacial score (nSPS) is 12.0. The lowest BCUT2D eigenvalue weighted by atomic mass is 10.1. The van der Waals surface area contributed by atoms with E-state index in [-0.39, 0.29) is 5.56 Å². The minimum Gasteiger partial charge on any atom is -0.319 e. The highest BCUT2D eigenvalue weighted by Crippen LogP contribution is 2.21. The van der Waals surface area contributed by atoms with Crippen molar-refractivity contribution in [3.63, 3.8) is 0 Å². The Morgan fingerprint density at radius 1 is 1.23 bits per heavy atom. The lowest BCUT2D eigenvalue weighted by Gasteiger charge is -2.02. The molecule has 0 fully saturated rings. The molecule has 0 spiro atoms. The van der Waals surface area contributed by atoms with Gasteiger partial charge in [0, 0.05) is 7.05 Å². The first-order valence-corrected chi connectivity index (χ1v) is 7.84. The molecular weight excluding hydrogens is 299 g/mol. The Hall–Kier alpha value is -2.27. The Bertz CT molecular complexity index is 924. The molecule has 1 amide bonds. The van der Waals surface area contributed by atoms with E-state index in [2.05, 4.69) is 18.0 Å². The molecule has 0 radical (unpaired) electrons. The number of benzene rings is 2. The topological polar surface area (TPSA) is 34.4 Å². The van der Waals surface area contributed by atoms with Crippen molar-refractivity contribution in [1.29, 1.82) is 0 Å². The zero-order valence-corrected chi connectivity index (χ0v) is 13.2. The summed E-state index contributed by atoms with van der Waals surface area (Å²) in [6.07, 6.45) is 0.905. The summed E-state index contributed by atoms with van der Waals surface area (Å²) >= 11 is 1.44. The Morgan fingerprint density at radius 3 is 2.73 bits per heavy atom. The lowest BCUT2D eigenvalue weighted by molar-refractivity contribution is 0.0994. The number of carbonyl (C=O) groups is 1. The summed E-state index contributed by atoms with van der Waals surface area (Å²) < 4.78 is 16.7. The van der Waals surface area contributed by atoms with Gasteiger partial charge in [-0.15, -0.1) is 0 Å². The fourth-order valence-corrected chi connectivity index (χ4v) is 3.52. The number of rotatable bonds is 2. The van der Waals surface area contributed by atoms with Crippen LogP contribution in [0.3, 0.4) is 0 Å². The van der Waals surface area contributed by atoms with Gasteiger partial charge in [-0.3, -0.25) is 4.79 Å². The molecule has 5 heteroatoms. The van der Waals surface area contributed by atoms with Crippen LogP contribution >= 0.6 is 11.3 Å². The van der Waals surface area contributed by atoms with E-state index < -0.39 is 11.7 Å². The number of halogens is 1. The molecule has 0 bridgehead atoms. The number of hydrogen-bond donors (Lipinski definition) is 0. The van der Waals surface area contributed by atoms with Crippen molar-refractivity contribution in [2.75, 3.05) is 0 Å². The first-order valence-electron chi connectivity index (χ1n) is 7.03. The van der Waals surface area contributed by atoms with Crippen molar-refractivity contribution in [3.8, 4) is 0 Å². The molecule has 0 unspecified atom stereocenters. The smallest absolute Gasteiger partial charge is 0.282 e. The number of fused-ring (bicyclic) bond motifs is 1. The SMILES string of the molecule is CCc1cccc2sc(=NC(=O)c3ccccc3F)n(C)c12.